The summed E-state index contributed by atoms with van der Waals surface area (Å²) in [6.07, 6.45) is 2.36. The quantitative estimate of drug-likeness (QED) is 0.844. The average molecular weight is 285 g/mol. The second-order valence-corrected chi connectivity index (χ2v) is 4.74. The number of nitrogens with one attached hydrogen (secondary N) is 1. The molecule has 0 fully saturated rings. The van der Waals surface area contributed by atoms with Crippen molar-refractivity contribution in [2.45, 2.75) is 20.3 Å². The van der Waals surface area contributed by atoms with Crippen LogP contribution >= 0.6 is 0 Å². The van der Waals surface area contributed by atoms with Crippen LogP contribution in [0.15, 0.2) is 30.5 Å². The van der Waals surface area contributed by atoms with Crippen LogP contribution < -0.4 is 11.1 Å². The van der Waals surface area contributed by atoms with Gasteiger partial charge in [0.05, 0.1) is 24.6 Å². The number of methoxy groups -OCH3 is 1. The van der Waals surface area contributed by atoms with E-state index >= 15 is 0 Å². The summed E-state index contributed by atoms with van der Waals surface area (Å²) in [5.41, 5.74) is 9.67. The first-order valence-electron chi connectivity index (χ1n) is 6.76. The van der Waals surface area contributed by atoms with E-state index in [1.165, 1.54) is 18.9 Å². The molecular weight excluding hydrogens is 266 g/mol. The molecular formula is C16H19N3O2. The molecule has 0 aliphatic rings. The fourth-order valence-electron chi connectivity index (χ4n) is 2.15. The molecule has 0 radical (unpaired) electrons. The number of rotatable bonds is 4. The van der Waals surface area contributed by atoms with E-state index in [9.17, 15) is 4.79 Å². The number of nitrogens with zero attached hydrogens (tertiary/aromatic N) is 1. The van der Waals surface area contributed by atoms with E-state index in [1.54, 1.807) is 6.07 Å². The number of aryl methyl sites for hydroxylation is 2. The molecule has 0 spiro atoms. The maximum atomic E-state index is 11.7. The molecule has 3 N–H and O–H groups in total. The normalized spacial score (nSPS) is 10.2. The summed E-state index contributed by atoms with van der Waals surface area (Å²) in [6, 6.07) is 7.72. The van der Waals surface area contributed by atoms with E-state index in [1.807, 2.05) is 19.1 Å². The van der Waals surface area contributed by atoms with Crippen molar-refractivity contribution in [2.24, 2.45) is 0 Å². The van der Waals surface area contributed by atoms with Crippen LogP contribution in [0.25, 0.3) is 0 Å². The molecule has 1 heterocycles. The summed E-state index contributed by atoms with van der Waals surface area (Å²) in [7, 11) is 1.33. The van der Waals surface area contributed by atoms with Gasteiger partial charge in [0.1, 0.15) is 5.82 Å². The van der Waals surface area contributed by atoms with E-state index in [0.29, 0.717) is 17.1 Å². The van der Waals surface area contributed by atoms with Crippen molar-refractivity contribution in [3.8, 4) is 0 Å². The number of carbonyl (C=O) groups excluding carboxylic acids is 1. The average Bonchev–Trinajstić information content (AvgIpc) is 2.50. The van der Waals surface area contributed by atoms with E-state index in [4.69, 9.17) is 10.5 Å². The van der Waals surface area contributed by atoms with Gasteiger partial charge < -0.3 is 15.8 Å². The van der Waals surface area contributed by atoms with Crippen molar-refractivity contribution >= 4 is 23.2 Å². The molecule has 110 valence electrons. The topological polar surface area (TPSA) is 77.2 Å². The van der Waals surface area contributed by atoms with Gasteiger partial charge in [0, 0.05) is 5.69 Å². The molecule has 21 heavy (non-hydrogen) atoms. The minimum atomic E-state index is -0.474. The molecule has 1 aromatic carbocycles. The number of hydrogen-bond donors (Lipinski definition) is 2. The fourth-order valence-corrected chi connectivity index (χ4v) is 2.15. The highest BCUT2D eigenvalue weighted by Crippen LogP contribution is 2.26. The number of hydrogen-bond acceptors (Lipinski definition) is 5. The van der Waals surface area contributed by atoms with Crippen LogP contribution in [0, 0.1) is 6.92 Å². The standard InChI is InChI=1S/C16H19N3O2/c1-4-11-7-5-6-10(2)15(11)19-14-8-12(16(20)21-3)13(17)9-18-14/h5-9H,4,17H2,1-3H3,(H,18,19). The third-order valence-electron chi connectivity index (χ3n) is 3.33. The molecule has 5 heteroatoms. The van der Waals surface area contributed by atoms with E-state index < -0.39 is 5.97 Å². The summed E-state index contributed by atoms with van der Waals surface area (Å²) in [5, 5.41) is 3.26. The predicted octanol–water partition coefficient (Wildman–Crippen LogP) is 3.06. The molecule has 2 rings (SSSR count). The van der Waals surface area contributed by atoms with Crippen LogP contribution in [0.3, 0.4) is 0 Å². The smallest absolute Gasteiger partial charge is 0.340 e. The van der Waals surface area contributed by atoms with Gasteiger partial charge in [0.25, 0.3) is 0 Å². The summed E-state index contributed by atoms with van der Waals surface area (Å²) in [6.45, 7) is 4.12. The number of nitrogen functional groups attached to an aromatic ring is 1. The Morgan fingerprint density at radius 1 is 1.43 bits per heavy atom. The lowest BCUT2D eigenvalue weighted by Crippen LogP contribution is -2.08. The third kappa shape index (κ3) is 3.13. The van der Waals surface area contributed by atoms with Crippen molar-refractivity contribution in [1.82, 2.24) is 4.98 Å². The minimum absolute atomic E-state index is 0.299. The first-order chi connectivity index (χ1) is 10.1. The van der Waals surface area contributed by atoms with E-state index in [0.717, 1.165) is 17.7 Å². The van der Waals surface area contributed by atoms with Crippen LogP contribution in [0.2, 0.25) is 0 Å². The van der Waals surface area contributed by atoms with Gasteiger partial charge >= 0.3 is 5.97 Å². The maximum absolute atomic E-state index is 11.7. The molecule has 0 saturated carbocycles. The Morgan fingerprint density at radius 2 is 2.19 bits per heavy atom. The molecule has 0 unspecified atom stereocenters. The second-order valence-electron chi connectivity index (χ2n) is 4.74. The Bertz CT molecular complexity index is 669. The molecule has 0 saturated heterocycles. The molecule has 0 aliphatic heterocycles. The number of nitrogens with two attached hydrogens (primary N) is 1. The van der Waals surface area contributed by atoms with Gasteiger partial charge in [-0.3, -0.25) is 0 Å². The van der Waals surface area contributed by atoms with Crippen molar-refractivity contribution in [1.29, 1.82) is 0 Å². The molecule has 2 aromatic rings. The molecule has 0 aliphatic carbocycles. The predicted molar refractivity (Wildman–Crippen MR) is 83.8 cm³/mol. The van der Waals surface area contributed by atoms with Gasteiger partial charge in [-0.1, -0.05) is 25.1 Å². The van der Waals surface area contributed by atoms with Crippen LogP contribution in [-0.2, 0) is 11.2 Å². The van der Waals surface area contributed by atoms with E-state index in [-0.39, 0.29) is 0 Å². The van der Waals surface area contributed by atoms with Crippen molar-refractivity contribution in [2.75, 3.05) is 18.2 Å². The molecule has 0 bridgehead atoms. The van der Waals surface area contributed by atoms with Gasteiger partial charge in [0.15, 0.2) is 0 Å². The number of benzene rings is 1. The molecule has 0 atom stereocenters. The maximum Gasteiger partial charge on any atom is 0.340 e. The Morgan fingerprint density at radius 3 is 2.86 bits per heavy atom. The SMILES string of the molecule is CCc1cccc(C)c1Nc1cc(C(=O)OC)c(N)cn1. The van der Waals surface area contributed by atoms with Gasteiger partial charge in [-0.2, -0.15) is 0 Å². The van der Waals surface area contributed by atoms with Crippen LogP contribution in [0.1, 0.15) is 28.4 Å². The third-order valence-corrected chi connectivity index (χ3v) is 3.33. The summed E-state index contributed by atoms with van der Waals surface area (Å²) >= 11 is 0. The lowest BCUT2D eigenvalue weighted by Gasteiger charge is -2.14. The zero-order valence-corrected chi connectivity index (χ0v) is 12.4. The number of esters is 1. The number of carbonyl (C=O) groups is 1. The summed E-state index contributed by atoms with van der Waals surface area (Å²) in [4.78, 5) is 15.9. The van der Waals surface area contributed by atoms with Gasteiger partial charge in [-0.15, -0.1) is 0 Å². The largest absolute Gasteiger partial charge is 0.465 e. The number of aromatic nitrogens is 1. The molecule has 5 nitrogen and oxygen atoms in total. The molecule has 0 amide bonds. The Kier molecular flexibility index (Phi) is 4.42. The summed E-state index contributed by atoms with van der Waals surface area (Å²) < 4.78 is 4.72. The fraction of sp³-hybridized carbons (Fsp3) is 0.250. The highest BCUT2D eigenvalue weighted by atomic mass is 16.5. The van der Waals surface area contributed by atoms with Gasteiger partial charge in [-0.25, -0.2) is 9.78 Å². The number of para-hydroxylation sites is 1. The number of pyridine rings is 1. The molecule has 1 aromatic heterocycles. The zero-order chi connectivity index (χ0) is 15.4. The second kappa shape index (κ2) is 6.26. The van der Waals surface area contributed by atoms with Crippen molar-refractivity contribution < 1.29 is 9.53 Å². The van der Waals surface area contributed by atoms with Crippen molar-refractivity contribution in [3.05, 3.63) is 47.2 Å². The highest BCUT2D eigenvalue weighted by Gasteiger charge is 2.13. The van der Waals surface area contributed by atoms with Crippen LogP contribution in [-0.4, -0.2) is 18.1 Å². The lowest BCUT2D eigenvalue weighted by molar-refractivity contribution is 0.0602. The van der Waals surface area contributed by atoms with Crippen LogP contribution in [0.5, 0.6) is 0 Å². The van der Waals surface area contributed by atoms with E-state index in [2.05, 4.69) is 23.3 Å². The van der Waals surface area contributed by atoms with Gasteiger partial charge in [-0.05, 0) is 30.5 Å². The Balaban J connectivity index is 2.39. The number of anilines is 3. The zero-order valence-electron chi connectivity index (χ0n) is 12.4. The highest BCUT2D eigenvalue weighted by molar-refractivity contribution is 5.95. The lowest BCUT2D eigenvalue weighted by atomic mass is 10.1. The Labute approximate surface area is 124 Å². The number of ether oxygens (including phenoxy) is 1. The Hall–Kier alpha value is -2.56. The monoisotopic (exact) mass is 285 g/mol. The first-order valence-corrected chi connectivity index (χ1v) is 6.76. The summed E-state index contributed by atoms with van der Waals surface area (Å²) in [5.74, 6) is 0.0899. The van der Waals surface area contributed by atoms with Gasteiger partial charge in [0.2, 0.25) is 0 Å². The minimum Gasteiger partial charge on any atom is -0.465 e. The van der Waals surface area contributed by atoms with Crippen molar-refractivity contribution in [3.63, 3.8) is 0 Å². The first kappa shape index (κ1) is 14.8. The van der Waals surface area contributed by atoms with Crippen LogP contribution in [0.4, 0.5) is 17.2 Å².